The SMILES string of the molecule is CC(C)n1c(=O)n(C(=O)NCC2CCN(CCC(=O)N3CCOCC3)CC2)c2ccccc21.O=C(O)C(=O)O. The number of piperidine rings is 1. The standard InChI is InChI=1S/C24H35N5O4.C2H2O4/c1-18(2)28-20-5-3-4-6-21(20)29(24(28)32)23(31)25-17-19-7-10-26(11-8-19)12-9-22(30)27-13-15-33-16-14-27;3-1(4)2(5)6/h3-6,18-19H,7-17H2,1-2H3,(H,25,31);(H,3,4)(H,5,6). The topological polar surface area (TPSA) is 163 Å². The van der Waals surface area contributed by atoms with E-state index < -0.39 is 11.9 Å². The number of aliphatic carboxylic acids is 2. The summed E-state index contributed by atoms with van der Waals surface area (Å²) in [6.07, 6.45) is 2.48. The number of aromatic nitrogens is 2. The minimum atomic E-state index is -1.82. The van der Waals surface area contributed by atoms with E-state index in [1.54, 1.807) is 4.57 Å². The largest absolute Gasteiger partial charge is 0.473 e. The first-order valence-electron chi connectivity index (χ1n) is 13.1. The monoisotopic (exact) mass is 547 g/mol. The van der Waals surface area contributed by atoms with Crippen LogP contribution in [-0.2, 0) is 19.1 Å². The van der Waals surface area contributed by atoms with Crippen LogP contribution in [0, 0.1) is 5.92 Å². The van der Waals surface area contributed by atoms with E-state index in [2.05, 4.69) is 10.2 Å². The number of carbonyl (C=O) groups excluding carboxylic acids is 2. The Kier molecular flexibility index (Phi) is 10.6. The quantitative estimate of drug-likeness (QED) is 0.449. The Morgan fingerprint density at radius 1 is 0.974 bits per heavy atom. The molecule has 3 N–H and O–H groups in total. The highest BCUT2D eigenvalue weighted by atomic mass is 16.5. The molecule has 0 aliphatic carbocycles. The van der Waals surface area contributed by atoms with E-state index >= 15 is 0 Å². The van der Waals surface area contributed by atoms with Crippen LogP contribution in [0.4, 0.5) is 4.79 Å². The average Bonchev–Trinajstić information content (AvgIpc) is 3.23. The van der Waals surface area contributed by atoms with Crippen LogP contribution in [0.2, 0.25) is 0 Å². The lowest BCUT2D eigenvalue weighted by Crippen LogP contribution is -2.44. The molecule has 2 aliphatic heterocycles. The molecule has 0 radical (unpaired) electrons. The molecule has 1 aromatic heterocycles. The molecule has 0 unspecified atom stereocenters. The van der Waals surface area contributed by atoms with Crippen molar-refractivity contribution in [1.29, 1.82) is 0 Å². The number of hydrogen-bond donors (Lipinski definition) is 3. The third-order valence-corrected chi connectivity index (χ3v) is 6.94. The lowest BCUT2D eigenvalue weighted by molar-refractivity contribution is -0.159. The Balaban J connectivity index is 0.000000631. The van der Waals surface area contributed by atoms with Gasteiger partial charge in [-0.3, -0.25) is 9.36 Å². The van der Waals surface area contributed by atoms with Gasteiger partial charge in [-0.25, -0.2) is 23.7 Å². The maximum atomic E-state index is 12.9. The Bertz CT molecular complexity index is 1210. The van der Waals surface area contributed by atoms with E-state index in [9.17, 15) is 14.4 Å². The highest BCUT2D eigenvalue weighted by Crippen LogP contribution is 2.18. The van der Waals surface area contributed by atoms with Crippen molar-refractivity contribution in [3.05, 3.63) is 34.7 Å². The number of para-hydroxylation sites is 2. The molecule has 39 heavy (non-hydrogen) atoms. The first-order chi connectivity index (χ1) is 18.6. The number of nitrogens with zero attached hydrogens (tertiary/aromatic N) is 4. The van der Waals surface area contributed by atoms with Crippen molar-refractivity contribution < 1.29 is 34.1 Å². The lowest BCUT2D eigenvalue weighted by Gasteiger charge is -2.33. The van der Waals surface area contributed by atoms with Crippen LogP contribution in [-0.4, -0.2) is 106 Å². The summed E-state index contributed by atoms with van der Waals surface area (Å²) in [5.41, 5.74) is 1.10. The lowest BCUT2D eigenvalue weighted by atomic mass is 9.96. The highest BCUT2D eigenvalue weighted by Gasteiger charge is 2.24. The van der Waals surface area contributed by atoms with Crippen molar-refractivity contribution in [1.82, 2.24) is 24.3 Å². The molecule has 4 rings (SSSR count). The molecule has 13 heteroatoms. The third kappa shape index (κ3) is 7.90. The number of morpholine rings is 1. The van der Waals surface area contributed by atoms with Crippen molar-refractivity contribution >= 4 is 34.9 Å². The zero-order chi connectivity index (χ0) is 28.5. The molecule has 2 amide bonds. The van der Waals surface area contributed by atoms with Crippen molar-refractivity contribution in [2.24, 2.45) is 5.92 Å². The number of ether oxygens (including phenoxy) is 1. The van der Waals surface area contributed by atoms with Gasteiger partial charge in [0.2, 0.25) is 5.91 Å². The predicted molar refractivity (Wildman–Crippen MR) is 142 cm³/mol. The number of carboxylic acids is 2. The smallest absolute Gasteiger partial charge is 0.414 e. The van der Waals surface area contributed by atoms with Gasteiger partial charge in [-0.1, -0.05) is 12.1 Å². The van der Waals surface area contributed by atoms with Crippen LogP contribution in [0.1, 0.15) is 39.2 Å². The van der Waals surface area contributed by atoms with Gasteiger partial charge >= 0.3 is 23.7 Å². The summed E-state index contributed by atoms with van der Waals surface area (Å²) in [4.78, 5) is 60.6. The van der Waals surface area contributed by atoms with Crippen LogP contribution in [0.3, 0.4) is 0 Å². The summed E-state index contributed by atoms with van der Waals surface area (Å²) in [6, 6.07) is 7.01. The minimum Gasteiger partial charge on any atom is -0.473 e. The Labute approximate surface area is 225 Å². The molecule has 2 aromatic rings. The maximum absolute atomic E-state index is 12.9. The van der Waals surface area contributed by atoms with Crippen LogP contribution in [0.25, 0.3) is 11.0 Å². The van der Waals surface area contributed by atoms with Gasteiger partial charge in [-0.15, -0.1) is 0 Å². The second-order valence-corrected chi connectivity index (χ2v) is 9.89. The fourth-order valence-corrected chi connectivity index (χ4v) is 4.82. The van der Waals surface area contributed by atoms with E-state index in [0.717, 1.165) is 38.0 Å². The molecule has 214 valence electrons. The number of rotatable bonds is 6. The number of nitrogens with one attached hydrogen (secondary N) is 1. The molecule has 0 spiro atoms. The minimum absolute atomic E-state index is 0.0316. The van der Waals surface area contributed by atoms with E-state index in [1.165, 1.54) is 4.57 Å². The van der Waals surface area contributed by atoms with E-state index in [1.807, 2.05) is 43.0 Å². The predicted octanol–water partition coefficient (Wildman–Crippen LogP) is 1.06. The molecule has 2 aliphatic rings. The number of fused-ring (bicyclic) bond motifs is 1. The Morgan fingerprint density at radius 2 is 1.56 bits per heavy atom. The van der Waals surface area contributed by atoms with E-state index in [4.69, 9.17) is 24.5 Å². The highest BCUT2D eigenvalue weighted by molar-refractivity contribution is 6.27. The normalized spacial score (nSPS) is 16.5. The van der Waals surface area contributed by atoms with Crippen molar-refractivity contribution in [3.8, 4) is 0 Å². The molecular weight excluding hydrogens is 510 g/mol. The second kappa shape index (κ2) is 13.9. The van der Waals surface area contributed by atoms with E-state index in [-0.39, 0.29) is 23.7 Å². The fraction of sp³-hybridized carbons (Fsp3) is 0.577. The number of amides is 2. The molecule has 2 fully saturated rings. The van der Waals surface area contributed by atoms with E-state index in [0.29, 0.717) is 50.7 Å². The maximum Gasteiger partial charge on any atom is 0.414 e. The second-order valence-electron chi connectivity index (χ2n) is 9.89. The number of carboxylic acid groups (broad SMARTS) is 2. The number of benzene rings is 1. The molecule has 0 bridgehead atoms. The number of likely N-dealkylation sites (tertiary alicyclic amines) is 1. The zero-order valence-corrected chi connectivity index (χ0v) is 22.4. The van der Waals surface area contributed by atoms with Crippen LogP contribution in [0.5, 0.6) is 0 Å². The van der Waals surface area contributed by atoms with Crippen LogP contribution < -0.4 is 11.0 Å². The number of carbonyl (C=O) groups is 4. The Hall–Kier alpha value is -3.71. The molecule has 3 heterocycles. The first kappa shape index (κ1) is 29.8. The molecule has 1 aromatic carbocycles. The Morgan fingerprint density at radius 3 is 2.13 bits per heavy atom. The number of hydrogen-bond acceptors (Lipinski definition) is 7. The molecular formula is C26H37N5O8. The zero-order valence-electron chi connectivity index (χ0n) is 22.4. The number of imidazole rings is 1. The van der Waals surface area contributed by atoms with Crippen molar-refractivity contribution in [2.45, 2.75) is 39.2 Å². The first-order valence-corrected chi connectivity index (χ1v) is 13.1. The van der Waals surface area contributed by atoms with Gasteiger partial charge in [0, 0.05) is 38.6 Å². The van der Waals surface area contributed by atoms with Gasteiger partial charge in [-0.05, 0) is 57.8 Å². The van der Waals surface area contributed by atoms with Crippen LogP contribution >= 0.6 is 0 Å². The summed E-state index contributed by atoms with van der Waals surface area (Å²) in [5.74, 6) is -3.07. The molecule has 0 atom stereocenters. The van der Waals surface area contributed by atoms with Gasteiger partial charge in [-0.2, -0.15) is 0 Å². The van der Waals surface area contributed by atoms with Gasteiger partial charge in [0.05, 0.1) is 24.2 Å². The molecule has 0 saturated carbocycles. The fourth-order valence-electron chi connectivity index (χ4n) is 4.82. The van der Waals surface area contributed by atoms with Crippen molar-refractivity contribution in [3.63, 3.8) is 0 Å². The summed E-state index contributed by atoms with van der Waals surface area (Å²) in [5, 5.41) is 17.8. The average molecular weight is 548 g/mol. The summed E-state index contributed by atoms with van der Waals surface area (Å²) in [7, 11) is 0. The molecule has 2 saturated heterocycles. The molecule has 13 nitrogen and oxygen atoms in total. The third-order valence-electron chi connectivity index (χ3n) is 6.94. The van der Waals surface area contributed by atoms with Crippen molar-refractivity contribution in [2.75, 3.05) is 52.5 Å². The van der Waals surface area contributed by atoms with Gasteiger partial charge < -0.3 is 30.1 Å². The summed E-state index contributed by atoms with van der Waals surface area (Å²) in [6.45, 7) is 9.70. The summed E-state index contributed by atoms with van der Waals surface area (Å²) >= 11 is 0. The van der Waals surface area contributed by atoms with Gasteiger partial charge in [0.25, 0.3) is 0 Å². The summed E-state index contributed by atoms with van der Waals surface area (Å²) < 4.78 is 8.22. The van der Waals surface area contributed by atoms with Gasteiger partial charge in [0.1, 0.15) is 0 Å². The van der Waals surface area contributed by atoms with Crippen LogP contribution in [0.15, 0.2) is 29.1 Å². The van der Waals surface area contributed by atoms with Gasteiger partial charge in [0.15, 0.2) is 0 Å².